The molecular weight excluding hydrogens is 196 g/mol. The second-order valence-corrected chi connectivity index (χ2v) is 3.93. The first kappa shape index (κ1) is 15.0. The second kappa shape index (κ2) is 9.26. The predicted octanol–water partition coefficient (Wildman–Crippen LogP) is 5.17. The molecule has 1 nitrogen and oxygen atoms in total. The van der Waals surface area contributed by atoms with Crippen molar-refractivity contribution in [1.82, 2.24) is 0 Å². The Morgan fingerprint density at radius 3 is 2.44 bits per heavy atom. The minimum absolute atomic E-state index is 0.402. The fraction of sp³-hybridized carbons (Fsp3) is 0.600. The van der Waals surface area contributed by atoms with Crippen molar-refractivity contribution >= 4 is 0 Å². The monoisotopic (exact) mass is 222 g/mol. The third-order valence-electron chi connectivity index (χ3n) is 2.64. The van der Waals surface area contributed by atoms with Crippen LogP contribution in [0.5, 0.6) is 0 Å². The molecule has 1 unspecified atom stereocenters. The van der Waals surface area contributed by atoms with Gasteiger partial charge < -0.3 is 5.11 Å². The largest absolute Gasteiger partial charge is 0.508 e. The summed E-state index contributed by atoms with van der Waals surface area (Å²) in [5, 5.41) is 9.39. The van der Waals surface area contributed by atoms with Crippen molar-refractivity contribution in [3.8, 4) is 0 Å². The number of hydrogen-bond donors (Lipinski definition) is 1. The number of rotatable bonds is 3. The van der Waals surface area contributed by atoms with E-state index in [0.29, 0.717) is 11.7 Å². The van der Waals surface area contributed by atoms with Gasteiger partial charge in [0.2, 0.25) is 0 Å². The first-order valence-electron chi connectivity index (χ1n) is 6.51. The Morgan fingerprint density at radius 2 is 1.81 bits per heavy atom. The molecule has 0 aliphatic heterocycles. The molecule has 16 heavy (non-hydrogen) atoms. The molecule has 0 saturated carbocycles. The van der Waals surface area contributed by atoms with Gasteiger partial charge in [-0.15, -0.1) is 0 Å². The summed E-state index contributed by atoms with van der Waals surface area (Å²) in [6.07, 6.45) is 12.4. The molecule has 0 saturated heterocycles. The molecule has 0 bridgehead atoms. The van der Waals surface area contributed by atoms with Crippen LogP contribution in [0.15, 0.2) is 35.6 Å². The van der Waals surface area contributed by atoms with E-state index in [1.54, 1.807) is 6.08 Å². The van der Waals surface area contributed by atoms with E-state index in [1.165, 1.54) is 18.4 Å². The Morgan fingerprint density at radius 1 is 1.19 bits per heavy atom. The molecule has 0 radical (unpaired) electrons. The van der Waals surface area contributed by atoms with Gasteiger partial charge in [0.1, 0.15) is 5.76 Å². The highest BCUT2D eigenvalue weighted by molar-refractivity contribution is 5.28. The Hall–Kier alpha value is -0.980. The lowest BCUT2D eigenvalue weighted by molar-refractivity contribution is 0.429. The van der Waals surface area contributed by atoms with E-state index in [-0.39, 0.29) is 0 Å². The molecule has 0 aromatic heterocycles. The zero-order valence-electron chi connectivity index (χ0n) is 11.2. The van der Waals surface area contributed by atoms with E-state index < -0.39 is 0 Å². The van der Waals surface area contributed by atoms with Gasteiger partial charge in [-0.25, -0.2) is 0 Å². The van der Waals surface area contributed by atoms with E-state index in [4.69, 9.17) is 0 Å². The summed E-state index contributed by atoms with van der Waals surface area (Å²) in [5.41, 5.74) is 1.37. The van der Waals surface area contributed by atoms with Crippen molar-refractivity contribution in [2.45, 2.75) is 53.4 Å². The highest BCUT2D eigenvalue weighted by Gasteiger charge is 2.05. The fourth-order valence-corrected chi connectivity index (χ4v) is 1.76. The average molecular weight is 222 g/mol. The topological polar surface area (TPSA) is 20.2 Å². The smallest absolute Gasteiger partial charge is 0.111 e. The maximum Gasteiger partial charge on any atom is 0.111 e. The second-order valence-electron chi connectivity index (χ2n) is 3.93. The average Bonchev–Trinajstić information content (AvgIpc) is 2.27. The molecule has 0 spiro atoms. The van der Waals surface area contributed by atoms with Crippen LogP contribution in [0.1, 0.15) is 53.4 Å². The summed E-state index contributed by atoms with van der Waals surface area (Å²) in [4.78, 5) is 0. The van der Waals surface area contributed by atoms with Gasteiger partial charge in [0.25, 0.3) is 0 Å². The van der Waals surface area contributed by atoms with Crippen LogP contribution in [0, 0.1) is 5.92 Å². The standard InChI is InChI=1S/C13H20O.C2H6/c1-3-6-11(2)12-7-4-5-8-13(14)10-9-12;1-2/h7-11,14H,3-6H2,1-2H3;1-2H3/b10-9?,12-7+,13-8?;. The molecule has 1 aliphatic carbocycles. The molecule has 0 aromatic carbocycles. The van der Waals surface area contributed by atoms with Crippen LogP contribution in [0.2, 0.25) is 0 Å². The molecule has 1 N–H and O–H groups in total. The van der Waals surface area contributed by atoms with E-state index in [0.717, 1.165) is 12.8 Å². The first-order valence-corrected chi connectivity index (χ1v) is 6.51. The first-order chi connectivity index (χ1) is 7.74. The van der Waals surface area contributed by atoms with Crippen molar-refractivity contribution in [3.63, 3.8) is 0 Å². The van der Waals surface area contributed by atoms with Gasteiger partial charge in [-0.05, 0) is 42.9 Å². The number of aliphatic hydroxyl groups excluding tert-OH is 1. The fourth-order valence-electron chi connectivity index (χ4n) is 1.76. The SMILES string of the molecule is CC.CCCC(C)/C1=C/CCC=C(O)C=C1. The van der Waals surface area contributed by atoms with Gasteiger partial charge >= 0.3 is 0 Å². The molecule has 0 amide bonds. The molecule has 1 atom stereocenters. The Bertz CT molecular complexity index is 259. The quantitative estimate of drug-likeness (QED) is 0.698. The molecule has 1 rings (SSSR count). The van der Waals surface area contributed by atoms with Gasteiger partial charge in [-0.3, -0.25) is 0 Å². The van der Waals surface area contributed by atoms with Crippen molar-refractivity contribution in [1.29, 1.82) is 0 Å². The van der Waals surface area contributed by atoms with Gasteiger partial charge in [0, 0.05) is 0 Å². The van der Waals surface area contributed by atoms with E-state index in [2.05, 4.69) is 19.9 Å². The van der Waals surface area contributed by atoms with E-state index >= 15 is 0 Å². The zero-order chi connectivity index (χ0) is 12.4. The zero-order valence-corrected chi connectivity index (χ0v) is 11.2. The van der Waals surface area contributed by atoms with Gasteiger partial charge in [0.05, 0.1) is 0 Å². The van der Waals surface area contributed by atoms with Crippen LogP contribution in [-0.2, 0) is 0 Å². The predicted molar refractivity (Wildman–Crippen MR) is 72.6 cm³/mol. The van der Waals surface area contributed by atoms with E-state index in [1.807, 2.05) is 26.0 Å². The van der Waals surface area contributed by atoms with Crippen molar-refractivity contribution in [3.05, 3.63) is 35.6 Å². The number of allylic oxidation sites excluding steroid dienone is 5. The van der Waals surface area contributed by atoms with Crippen LogP contribution in [0.3, 0.4) is 0 Å². The summed E-state index contributed by atoms with van der Waals surface area (Å²) in [6, 6.07) is 0. The van der Waals surface area contributed by atoms with Gasteiger partial charge in [-0.2, -0.15) is 0 Å². The van der Waals surface area contributed by atoms with Gasteiger partial charge in [-0.1, -0.05) is 46.3 Å². The van der Waals surface area contributed by atoms with E-state index in [9.17, 15) is 5.11 Å². The third kappa shape index (κ3) is 5.79. The normalized spacial score (nSPS) is 20.5. The molecule has 0 fully saturated rings. The Balaban J connectivity index is 0.00000106. The third-order valence-corrected chi connectivity index (χ3v) is 2.64. The molecule has 1 aliphatic rings. The number of hydrogen-bond acceptors (Lipinski definition) is 1. The number of aliphatic hydroxyl groups is 1. The Labute approximate surface area is 101 Å². The highest BCUT2D eigenvalue weighted by atomic mass is 16.3. The molecule has 0 heterocycles. The Kier molecular flexibility index (Phi) is 8.69. The summed E-state index contributed by atoms with van der Waals surface area (Å²) in [7, 11) is 0. The molecule has 1 heteroatoms. The maximum atomic E-state index is 9.39. The summed E-state index contributed by atoms with van der Waals surface area (Å²) < 4.78 is 0. The van der Waals surface area contributed by atoms with Crippen molar-refractivity contribution in [2.24, 2.45) is 5.92 Å². The van der Waals surface area contributed by atoms with Crippen molar-refractivity contribution in [2.75, 3.05) is 0 Å². The van der Waals surface area contributed by atoms with Crippen LogP contribution in [-0.4, -0.2) is 5.11 Å². The maximum absolute atomic E-state index is 9.39. The van der Waals surface area contributed by atoms with Crippen LogP contribution >= 0.6 is 0 Å². The van der Waals surface area contributed by atoms with Gasteiger partial charge in [0.15, 0.2) is 0 Å². The summed E-state index contributed by atoms with van der Waals surface area (Å²) >= 11 is 0. The lowest BCUT2D eigenvalue weighted by Crippen LogP contribution is -1.98. The van der Waals surface area contributed by atoms with Crippen LogP contribution in [0.25, 0.3) is 0 Å². The molecule has 92 valence electrons. The van der Waals surface area contributed by atoms with Crippen molar-refractivity contribution < 1.29 is 5.11 Å². The highest BCUT2D eigenvalue weighted by Crippen LogP contribution is 2.20. The summed E-state index contributed by atoms with van der Waals surface area (Å²) in [6.45, 7) is 8.46. The minimum Gasteiger partial charge on any atom is -0.508 e. The van der Waals surface area contributed by atoms with Crippen LogP contribution < -0.4 is 0 Å². The minimum atomic E-state index is 0.402. The lowest BCUT2D eigenvalue weighted by Gasteiger charge is -2.12. The lowest BCUT2D eigenvalue weighted by atomic mass is 9.94. The molecular formula is C15H26O. The molecule has 0 aromatic rings. The van der Waals surface area contributed by atoms with Crippen LogP contribution in [0.4, 0.5) is 0 Å². The summed E-state index contributed by atoms with van der Waals surface area (Å²) in [5.74, 6) is 1.02.